The Balaban J connectivity index is 1.91. The Hall–Kier alpha value is -3.72. The van der Waals surface area contributed by atoms with Crippen LogP contribution in [0.3, 0.4) is 0 Å². The summed E-state index contributed by atoms with van der Waals surface area (Å²) in [7, 11) is 0. The van der Waals surface area contributed by atoms with Gasteiger partial charge in [-0.2, -0.15) is 0 Å². The zero-order chi connectivity index (χ0) is 22.0. The van der Waals surface area contributed by atoms with Gasteiger partial charge in [-0.1, -0.05) is 11.6 Å². The lowest BCUT2D eigenvalue weighted by atomic mass is 10.1. The number of nitro groups is 1. The number of nitrogens with zero attached hydrogens (tertiary/aromatic N) is 1. The van der Waals surface area contributed by atoms with Crippen molar-refractivity contribution < 1.29 is 23.7 Å². The predicted octanol–water partition coefficient (Wildman–Crippen LogP) is 3.71. The molecule has 0 spiro atoms. The van der Waals surface area contributed by atoms with Crippen molar-refractivity contribution in [2.24, 2.45) is 0 Å². The molecule has 30 heavy (non-hydrogen) atoms. The zero-order valence-corrected chi connectivity index (χ0v) is 16.6. The standard InChI is InChI=1S/C20H15ClN2O7/c1-10(2)22-18(24)15-7-11-3-5-13(9-17(11)30-20(15)26)29-19(25)14-6-4-12(21)8-16(14)23(27)28/h3-10H,1-2H3,(H,22,24). The molecule has 0 aliphatic rings. The Morgan fingerprint density at radius 2 is 1.87 bits per heavy atom. The van der Waals surface area contributed by atoms with E-state index < -0.39 is 28.1 Å². The Kier molecular flexibility index (Phi) is 5.84. The van der Waals surface area contributed by atoms with E-state index in [0.29, 0.717) is 5.39 Å². The van der Waals surface area contributed by atoms with Gasteiger partial charge in [0.1, 0.15) is 22.5 Å². The lowest BCUT2D eigenvalue weighted by Gasteiger charge is -2.09. The van der Waals surface area contributed by atoms with Gasteiger partial charge in [0.05, 0.1) is 4.92 Å². The highest BCUT2D eigenvalue weighted by Gasteiger charge is 2.23. The molecular weight excluding hydrogens is 416 g/mol. The number of halogens is 1. The summed E-state index contributed by atoms with van der Waals surface area (Å²) in [5.74, 6) is -1.54. The number of ether oxygens (including phenoxy) is 1. The summed E-state index contributed by atoms with van der Waals surface area (Å²) in [5.41, 5.74) is -1.71. The van der Waals surface area contributed by atoms with E-state index in [1.54, 1.807) is 13.8 Å². The van der Waals surface area contributed by atoms with Crippen LogP contribution in [-0.2, 0) is 0 Å². The van der Waals surface area contributed by atoms with Gasteiger partial charge in [-0.15, -0.1) is 0 Å². The Labute approximate surface area is 174 Å². The molecule has 1 heterocycles. The number of amides is 1. The van der Waals surface area contributed by atoms with Gasteiger partial charge in [-0.05, 0) is 44.2 Å². The maximum atomic E-state index is 12.4. The van der Waals surface area contributed by atoms with Crippen LogP contribution in [0.2, 0.25) is 5.02 Å². The van der Waals surface area contributed by atoms with Crippen molar-refractivity contribution >= 4 is 40.1 Å². The highest BCUT2D eigenvalue weighted by atomic mass is 35.5. The van der Waals surface area contributed by atoms with E-state index in [2.05, 4.69) is 5.32 Å². The second-order valence-electron chi connectivity index (χ2n) is 6.58. The molecule has 0 radical (unpaired) electrons. The molecule has 2 aromatic carbocycles. The number of benzene rings is 2. The highest BCUT2D eigenvalue weighted by Crippen LogP contribution is 2.26. The van der Waals surface area contributed by atoms with Gasteiger partial charge in [-0.3, -0.25) is 14.9 Å². The van der Waals surface area contributed by atoms with Crippen LogP contribution in [0.25, 0.3) is 11.0 Å². The van der Waals surface area contributed by atoms with Crippen LogP contribution < -0.4 is 15.7 Å². The zero-order valence-electron chi connectivity index (χ0n) is 15.8. The van der Waals surface area contributed by atoms with E-state index in [1.165, 1.54) is 36.4 Å². The number of nitro benzene ring substituents is 1. The number of carbonyl (C=O) groups is 2. The fraction of sp³-hybridized carbons (Fsp3) is 0.150. The largest absolute Gasteiger partial charge is 0.423 e. The minimum Gasteiger partial charge on any atom is -0.423 e. The molecule has 0 saturated carbocycles. The lowest BCUT2D eigenvalue weighted by Crippen LogP contribution is -2.33. The summed E-state index contributed by atoms with van der Waals surface area (Å²) >= 11 is 5.74. The molecule has 10 heteroatoms. The van der Waals surface area contributed by atoms with Crippen LogP contribution in [0.1, 0.15) is 34.6 Å². The summed E-state index contributed by atoms with van der Waals surface area (Å²) in [6.07, 6.45) is 0. The molecule has 0 atom stereocenters. The molecule has 1 N–H and O–H groups in total. The van der Waals surface area contributed by atoms with Crippen LogP contribution in [-0.4, -0.2) is 22.8 Å². The number of hydrogen-bond acceptors (Lipinski definition) is 7. The van der Waals surface area contributed by atoms with E-state index in [1.807, 2.05) is 0 Å². The Morgan fingerprint density at radius 3 is 2.53 bits per heavy atom. The fourth-order valence-electron chi connectivity index (χ4n) is 2.64. The summed E-state index contributed by atoms with van der Waals surface area (Å²) in [5, 5.41) is 14.3. The number of esters is 1. The monoisotopic (exact) mass is 430 g/mol. The molecule has 0 bridgehead atoms. The Bertz CT molecular complexity index is 1230. The summed E-state index contributed by atoms with van der Waals surface area (Å²) < 4.78 is 10.3. The van der Waals surface area contributed by atoms with Gasteiger partial charge >= 0.3 is 11.6 Å². The molecule has 0 fully saturated rings. The predicted molar refractivity (Wildman–Crippen MR) is 108 cm³/mol. The molecule has 3 aromatic rings. The molecule has 1 aromatic heterocycles. The van der Waals surface area contributed by atoms with Crippen molar-refractivity contribution in [3.63, 3.8) is 0 Å². The first-order valence-corrected chi connectivity index (χ1v) is 9.08. The fourth-order valence-corrected chi connectivity index (χ4v) is 2.81. The normalized spacial score (nSPS) is 10.8. The van der Waals surface area contributed by atoms with E-state index in [-0.39, 0.29) is 33.5 Å². The van der Waals surface area contributed by atoms with Gasteiger partial charge in [0.2, 0.25) is 0 Å². The van der Waals surface area contributed by atoms with E-state index >= 15 is 0 Å². The average Bonchev–Trinajstić information content (AvgIpc) is 2.66. The van der Waals surface area contributed by atoms with Gasteiger partial charge in [0, 0.05) is 28.6 Å². The molecule has 0 aliphatic carbocycles. The van der Waals surface area contributed by atoms with Crippen LogP contribution in [0.4, 0.5) is 5.69 Å². The molecule has 154 valence electrons. The first-order valence-electron chi connectivity index (χ1n) is 8.70. The minimum absolute atomic E-state index is 0.000667. The van der Waals surface area contributed by atoms with E-state index in [0.717, 1.165) is 6.07 Å². The van der Waals surface area contributed by atoms with Crippen LogP contribution in [0.15, 0.2) is 51.7 Å². The number of hydrogen-bond donors (Lipinski definition) is 1. The second kappa shape index (κ2) is 8.34. The summed E-state index contributed by atoms with van der Waals surface area (Å²) in [6.45, 7) is 3.51. The van der Waals surface area contributed by atoms with Crippen LogP contribution >= 0.6 is 11.6 Å². The van der Waals surface area contributed by atoms with Crippen LogP contribution in [0.5, 0.6) is 5.75 Å². The minimum atomic E-state index is -0.979. The molecule has 3 rings (SSSR count). The topological polar surface area (TPSA) is 129 Å². The second-order valence-corrected chi connectivity index (χ2v) is 7.02. The molecule has 9 nitrogen and oxygen atoms in total. The number of nitrogens with one attached hydrogen (secondary N) is 1. The van der Waals surface area contributed by atoms with Crippen molar-refractivity contribution in [3.05, 3.63) is 79.1 Å². The maximum Gasteiger partial charge on any atom is 0.350 e. The van der Waals surface area contributed by atoms with Crippen molar-refractivity contribution in [3.8, 4) is 5.75 Å². The number of rotatable bonds is 5. The van der Waals surface area contributed by atoms with Gasteiger partial charge in [0.15, 0.2) is 0 Å². The third-order valence-corrected chi connectivity index (χ3v) is 4.19. The SMILES string of the molecule is CC(C)NC(=O)c1cc2ccc(OC(=O)c3ccc(Cl)cc3[N+](=O)[O-])cc2oc1=O. The van der Waals surface area contributed by atoms with Gasteiger partial charge < -0.3 is 14.5 Å². The third-order valence-electron chi connectivity index (χ3n) is 3.96. The third kappa shape index (κ3) is 4.47. The van der Waals surface area contributed by atoms with Gasteiger partial charge in [0.25, 0.3) is 11.6 Å². The number of fused-ring (bicyclic) bond motifs is 1. The quantitative estimate of drug-likeness (QED) is 0.215. The first-order chi connectivity index (χ1) is 14.2. The smallest absolute Gasteiger partial charge is 0.350 e. The Morgan fingerprint density at radius 1 is 1.13 bits per heavy atom. The molecular formula is C20H15ClN2O7. The molecule has 0 aliphatic heterocycles. The average molecular weight is 431 g/mol. The van der Waals surface area contributed by atoms with E-state index in [4.69, 9.17) is 20.8 Å². The van der Waals surface area contributed by atoms with Crippen molar-refractivity contribution in [1.29, 1.82) is 0 Å². The number of carbonyl (C=O) groups excluding carboxylic acids is 2. The summed E-state index contributed by atoms with van der Waals surface area (Å²) in [6, 6.07) is 8.94. The van der Waals surface area contributed by atoms with Gasteiger partial charge in [-0.25, -0.2) is 9.59 Å². The molecule has 1 amide bonds. The van der Waals surface area contributed by atoms with Crippen molar-refractivity contribution in [2.45, 2.75) is 19.9 Å². The lowest BCUT2D eigenvalue weighted by molar-refractivity contribution is -0.385. The maximum absolute atomic E-state index is 12.4. The highest BCUT2D eigenvalue weighted by molar-refractivity contribution is 6.31. The van der Waals surface area contributed by atoms with Crippen molar-refractivity contribution in [2.75, 3.05) is 0 Å². The first kappa shape index (κ1) is 21.0. The van der Waals surface area contributed by atoms with Crippen LogP contribution in [0, 0.1) is 10.1 Å². The summed E-state index contributed by atoms with van der Waals surface area (Å²) in [4.78, 5) is 47.0. The van der Waals surface area contributed by atoms with E-state index in [9.17, 15) is 24.5 Å². The van der Waals surface area contributed by atoms with Crippen molar-refractivity contribution in [1.82, 2.24) is 5.32 Å². The molecule has 0 unspecified atom stereocenters. The molecule has 0 saturated heterocycles.